The third kappa shape index (κ3) is 28.3. The molecule has 4 rings (SSSR count). The number of hydrogen-bond acceptors (Lipinski definition) is 11. The molecule has 0 aliphatic carbocycles. The van der Waals surface area contributed by atoms with Crippen LogP contribution < -0.4 is 26.2 Å². The third-order valence-electron chi connectivity index (χ3n) is 8.55. The Kier molecular flexibility index (Phi) is 31.5. The molecule has 1 fully saturated rings. The Bertz CT molecular complexity index is 3300. The van der Waals surface area contributed by atoms with Crippen LogP contribution >= 0.6 is 0 Å². The van der Waals surface area contributed by atoms with Crippen LogP contribution in [0.3, 0.4) is 0 Å². The number of ether oxygens (including phenoxy) is 2. The van der Waals surface area contributed by atoms with Crippen LogP contribution in [0.2, 0.25) is 0 Å². The topological polar surface area (TPSA) is 169 Å². The molecule has 72 heavy (non-hydrogen) atoms. The van der Waals surface area contributed by atoms with Gasteiger partial charge >= 0.3 is 0 Å². The molecule has 0 saturated carbocycles. The minimum atomic E-state index is -0.879. The fourth-order valence-corrected chi connectivity index (χ4v) is 5.42. The van der Waals surface area contributed by atoms with Crippen molar-refractivity contribution in [2.75, 3.05) is 58.8 Å². The Labute approximate surface area is 449 Å². The van der Waals surface area contributed by atoms with Gasteiger partial charge in [-0.2, -0.15) is 0 Å². The van der Waals surface area contributed by atoms with Gasteiger partial charge in [0, 0.05) is 127 Å². The van der Waals surface area contributed by atoms with Gasteiger partial charge in [0.1, 0.15) is 5.82 Å². The van der Waals surface area contributed by atoms with Gasteiger partial charge in [-0.15, -0.1) is 6.42 Å². The van der Waals surface area contributed by atoms with Crippen molar-refractivity contribution in [1.29, 1.82) is 0 Å². The zero-order valence-corrected chi connectivity index (χ0v) is 40.1. The van der Waals surface area contributed by atoms with Crippen molar-refractivity contribution in [2.24, 2.45) is 16.3 Å². The molecule has 0 spiro atoms. The second-order valence-electron chi connectivity index (χ2n) is 13.5. The first-order chi connectivity index (χ1) is 35.3. The van der Waals surface area contributed by atoms with E-state index in [1.54, 1.807) is 26.4 Å². The molecular weight excluding hydrogens is 901 g/mol. The van der Waals surface area contributed by atoms with Gasteiger partial charge in [0.2, 0.25) is 0 Å². The lowest BCUT2D eigenvalue weighted by atomic mass is 10.0. The van der Waals surface area contributed by atoms with Crippen molar-refractivity contribution in [2.45, 2.75) is 39.2 Å². The molecule has 0 amide bonds. The molecule has 1 atom stereocenters. The lowest BCUT2D eigenvalue weighted by Gasteiger charge is -2.32. The number of rotatable bonds is 14. The van der Waals surface area contributed by atoms with Crippen molar-refractivity contribution >= 4 is 5.82 Å². The summed E-state index contributed by atoms with van der Waals surface area (Å²) in [6.45, 7) is 10.2. The number of piperazine rings is 1. The zero-order valence-electron chi connectivity index (χ0n) is 40.1. The first-order valence-corrected chi connectivity index (χ1v) is 21.6. The molecule has 3 aromatic rings. The molecule has 14 heteroatoms. The van der Waals surface area contributed by atoms with Gasteiger partial charge < -0.3 is 34.7 Å². The van der Waals surface area contributed by atoms with E-state index in [9.17, 15) is 10.1 Å². The molecule has 4 N–H and O–H groups in total. The van der Waals surface area contributed by atoms with E-state index in [4.69, 9.17) is 20.9 Å². The molecular formula is C58H80N10O4. The predicted molar refractivity (Wildman–Crippen MR) is 316 cm³/mol. The van der Waals surface area contributed by atoms with Gasteiger partial charge in [0.25, 0.3) is 0 Å². The number of hydrogen-bond donors (Lipinski definition) is 3. The second kappa shape index (κ2) is 39.4. The Morgan fingerprint density at radius 2 is 1.31 bits per heavy atom. The van der Waals surface area contributed by atoms with E-state index in [0.29, 0.717) is 12.4 Å². The highest BCUT2D eigenvalue weighted by Crippen LogP contribution is 2.32. The first kappa shape index (κ1) is 57.4. The lowest BCUT2D eigenvalue weighted by Crippen LogP contribution is -2.44. The molecule has 386 valence electrons. The van der Waals surface area contributed by atoms with E-state index >= 15 is 0 Å². The van der Waals surface area contributed by atoms with Crippen molar-refractivity contribution in [3.63, 3.8) is 0 Å². The first-order valence-electron chi connectivity index (χ1n) is 21.6. The van der Waals surface area contributed by atoms with E-state index in [-0.39, 0.29) is 30.3 Å². The Balaban J connectivity index is -0.0000000665. The van der Waals surface area contributed by atoms with Crippen molar-refractivity contribution < 1.29 is 38.8 Å². The standard InChI is InChI=1S/C29H39N5O2.C29H4.H3N5O2.17H2/c1-4-9-25(23-10-6-5-7-11-23)31-29-22-30-21-26(32-29)24-12-13-27(28(20-24)35-3)36-19-8-14-34-17-15-33(2)16-18-34;1-3-5-7-9-11-13-15-17-19-21-23-25-27-29-28-26-24-22-20-18-16-14-12-10-8-6-4-2;1-2-3-4-5(6)7;;;;;;;;;;;;;;;;;/h5-7,10-13,20-22,25H,4,8-9,14-19H2,1-3H3,(H,31,32);1H,2H3;(H2,1,3)(H,2,4);17*1H. The van der Waals surface area contributed by atoms with Crippen molar-refractivity contribution in [1.82, 2.24) is 25.3 Å². The summed E-state index contributed by atoms with van der Waals surface area (Å²) < 4.78 is 11.7. The molecule has 0 bridgehead atoms. The van der Waals surface area contributed by atoms with Crippen LogP contribution in [0.15, 0.2) is 71.4 Å². The van der Waals surface area contributed by atoms with E-state index in [2.05, 4.69) is 234 Å². The van der Waals surface area contributed by atoms with Crippen LogP contribution in [0.5, 0.6) is 11.5 Å². The van der Waals surface area contributed by atoms with E-state index in [0.717, 1.165) is 74.8 Å². The Morgan fingerprint density at radius 3 is 1.76 bits per heavy atom. The normalized spacial score (nSPS) is 10.2. The zero-order chi connectivity index (χ0) is 52.0. The van der Waals surface area contributed by atoms with Gasteiger partial charge in [-0.1, -0.05) is 49.6 Å². The molecule has 1 aliphatic heterocycles. The number of hydrazine groups is 1. The second-order valence-corrected chi connectivity index (χ2v) is 13.5. The van der Waals surface area contributed by atoms with Crippen molar-refractivity contribution in [3.8, 4) is 189 Å². The van der Waals surface area contributed by atoms with E-state index in [1.165, 1.54) is 11.1 Å². The molecule has 0 radical (unpaired) electrons. The Morgan fingerprint density at radius 1 is 0.778 bits per heavy atom. The van der Waals surface area contributed by atoms with Crippen molar-refractivity contribution in [3.05, 3.63) is 76.6 Å². The summed E-state index contributed by atoms with van der Waals surface area (Å²) >= 11 is 0. The SMILES string of the molecule is C#CC#CC#CC#CC#CC#CC#CC#CC#CC#CC#CC#CC#CC#CC.CCCC(Nc1cncc(-c2ccc(OCCCN3CCN(C)CC3)c(OC)c2)n1)c1ccccc1.NN=NN[N+](=O)[O-].[HH].[HH].[HH].[HH].[HH].[HH].[HH].[HH].[HH].[HH].[HH].[HH].[HH].[HH].[HH].[HH].[HH]. The summed E-state index contributed by atoms with van der Waals surface area (Å²) in [7, 11) is 3.86. The van der Waals surface area contributed by atoms with E-state index in [1.807, 2.05) is 24.3 Å². The third-order valence-corrected chi connectivity index (χ3v) is 8.55. The number of likely N-dealkylation sites (N-methyl/N-ethyl adjacent to an activating group) is 1. The highest BCUT2D eigenvalue weighted by molar-refractivity contribution is 5.64. The minimum Gasteiger partial charge on any atom is -0.493 e. The summed E-state index contributed by atoms with van der Waals surface area (Å²) in [5.41, 5.74) is 4.34. The maximum Gasteiger partial charge on any atom is 0.193 e. The van der Waals surface area contributed by atoms with Gasteiger partial charge in [0.15, 0.2) is 16.7 Å². The van der Waals surface area contributed by atoms with Crippen LogP contribution in [-0.4, -0.2) is 78.3 Å². The predicted octanol–water partition coefficient (Wildman–Crippen LogP) is 9.00. The number of methoxy groups -OCH3 is 1. The molecule has 1 unspecified atom stereocenters. The smallest absolute Gasteiger partial charge is 0.193 e. The Hall–Kier alpha value is -10.7. The molecule has 2 aromatic carbocycles. The van der Waals surface area contributed by atoms with Crippen LogP contribution in [0.25, 0.3) is 11.3 Å². The quantitative estimate of drug-likeness (QED) is 0.0352. The highest BCUT2D eigenvalue weighted by atomic mass is 16.7. The van der Waals surface area contributed by atoms with Crippen LogP contribution in [0.4, 0.5) is 5.82 Å². The number of anilines is 1. The summed E-state index contributed by atoms with van der Waals surface area (Å²) in [5, 5.41) is 17.1. The number of nitrogens with zero attached hydrogens (tertiary/aromatic N) is 7. The molecule has 2 heterocycles. The van der Waals surface area contributed by atoms with Crippen LogP contribution in [0.1, 0.15) is 69.0 Å². The summed E-state index contributed by atoms with van der Waals surface area (Å²) in [6, 6.07) is 16.7. The van der Waals surface area contributed by atoms with Crippen LogP contribution in [-0.2, 0) is 0 Å². The maximum atomic E-state index is 9.24. The number of nitro groups is 1. The number of nitrogens with two attached hydrogens (primary N) is 1. The molecule has 14 nitrogen and oxygen atoms in total. The average Bonchev–Trinajstić information content (AvgIpc) is 3.40. The summed E-state index contributed by atoms with van der Waals surface area (Å²) in [4.78, 5) is 23.4. The van der Waals surface area contributed by atoms with E-state index < -0.39 is 5.03 Å². The van der Waals surface area contributed by atoms with Gasteiger partial charge in [-0.3, -0.25) is 10.8 Å². The molecule has 1 aliphatic rings. The fourth-order valence-electron chi connectivity index (χ4n) is 5.42. The maximum absolute atomic E-state index is 9.24. The lowest BCUT2D eigenvalue weighted by molar-refractivity contribution is -0.546. The van der Waals surface area contributed by atoms with Gasteiger partial charge in [0.05, 0.1) is 48.1 Å². The van der Waals surface area contributed by atoms with Gasteiger partial charge in [-0.25, -0.2) is 4.98 Å². The highest BCUT2D eigenvalue weighted by Gasteiger charge is 2.15. The number of benzene rings is 2. The largest absolute Gasteiger partial charge is 0.493 e. The fraction of sp³-hybridized carbons (Fsp3) is 0.241. The minimum absolute atomic E-state index is 0. The number of terminal acetylenes is 1. The summed E-state index contributed by atoms with van der Waals surface area (Å²) in [5.74, 6) is 73.5. The molecule has 1 aromatic heterocycles. The van der Waals surface area contributed by atoms with Gasteiger partial charge in [-0.05, 0) is 145 Å². The molecule has 1 saturated heterocycles. The summed E-state index contributed by atoms with van der Waals surface area (Å²) in [6.07, 6.45) is 11.6. The van der Waals surface area contributed by atoms with Crippen LogP contribution in [0, 0.1) is 176 Å². The number of aromatic nitrogens is 2. The average molecular weight is 981 g/mol. The monoisotopic (exact) mass is 981 g/mol. The number of nitrogens with one attached hydrogen (secondary N) is 2.